The van der Waals surface area contributed by atoms with Crippen LogP contribution in [-0.4, -0.2) is 20.4 Å². The molecule has 0 saturated carbocycles. The van der Waals surface area contributed by atoms with Crippen LogP contribution in [0.25, 0.3) is 10.8 Å². The summed E-state index contributed by atoms with van der Waals surface area (Å²) in [6.07, 6.45) is 0. The summed E-state index contributed by atoms with van der Waals surface area (Å²) in [5.41, 5.74) is 1.09. The van der Waals surface area contributed by atoms with E-state index in [0.29, 0.717) is 33.1 Å². The number of hydrogen-bond acceptors (Lipinski definition) is 7. The molecule has 0 unspecified atom stereocenters. The van der Waals surface area contributed by atoms with E-state index < -0.39 is 0 Å². The number of aromatic hydroxyl groups is 1. The summed E-state index contributed by atoms with van der Waals surface area (Å²) in [5.74, 6) is 0.542. The van der Waals surface area contributed by atoms with Crippen LogP contribution in [0.3, 0.4) is 0 Å². The highest BCUT2D eigenvalue weighted by atomic mass is 32.1. The maximum absolute atomic E-state index is 11.4. The first-order chi connectivity index (χ1) is 11.0. The molecule has 0 saturated heterocycles. The number of aromatic nitrogens is 2. The van der Waals surface area contributed by atoms with Crippen molar-refractivity contribution in [2.24, 2.45) is 10.2 Å². The number of fused-ring (bicyclic) bond motifs is 1. The average Bonchev–Trinajstić information content (AvgIpc) is 2.92. The number of aryl methyl sites for hydroxylation is 1. The van der Waals surface area contributed by atoms with Crippen molar-refractivity contribution < 1.29 is 9.90 Å². The first-order valence-corrected chi connectivity index (χ1v) is 7.56. The van der Waals surface area contributed by atoms with Gasteiger partial charge in [0.1, 0.15) is 11.6 Å². The molecule has 3 rings (SSSR count). The number of hydrogen-bond donors (Lipinski definition) is 2. The molecule has 23 heavy (non-hydrogen) atoms. The molecular formula is C15H13N5O2S. The minimum absolute atomic E-state index is 0.109. The normalized spacial score (nSPS) is 11.2. The average molecular weight is 327 g/mol. The molecule has 0 fully saturated rings. The van der Waals surface area contributed by atoms with Crippen LogP contribution < -0.4 is 5.32 Å². The molecule has 1 amide bonds. The minimum Gasteiger partial charge on any atom is -0.507 e. The molecule has 0 atom stereocenters. The van der Waals surface area contributed by atoms with E-state index in [9.17, 15) is 9.90 Å². The molecule has 0 aliphatic rings. The summed E-state index contributed by atoms with van der Waals surface area (Å²) in [6.45, 7) is 3.20. The standard InChI is InChI=1S/C15H13N5O2S/c1-8-16-15(23-20-8)19-18-12-6-7-13(22)10-4-3-5-11(14(10)12)17-9(2)21/h3-7,22H,1-2H3,(H,17,21). The van der Waals surface area contributed by atoms with Crippen LogP contribution in [0.15, 0.2) is 40.6 Å². The van der Waals surface area contributed by atoms with Gasteiger partial charge in [0.05, 0.1) is 11.4 Å². The van der Waals surface area contributed by atoms with Crippen LogP contribution in [0.2, 0.25) is 0 Å². The highest BCUT2D eigenvalue weighted by Crippen LogP contribution is 2.38. The van der Waals surface area contributed by atoms with Crippen molar-refractivity contribution in [1.82, 2.24) is 9.36 Å². The van der Waals surface area contributed by atoms with Gasteiger partial charge in [-0.1, -0.05) is 12.1 Å². The van der Waals surface area contributed by atoms with Gasteiger partial charge in [0.2, 0.25) is 11.0 Å². The van der Waals surface area contributed by atoms with E-state index >= 15 is 0 Å². The summed E-state index contributed by atoms with van der Waals surface area (Å²) in [7, 11) is 0. The van der Waals surface area contributed by atoms with Gasteiger partial charge in [-0.2, -0.15) is 4.37 Å². The molecule has 1 aromatic heterocycles. The van der Waals surface area contributed by atoms with Crippen molar-refractivity contribution in [1.29, 1.82) is 0 Å². The maximum atomic E-state index is 11.4. The zero-order chi connectivity index (χ0) is 16.4. The third-order valence-corrected chi connectivity index (χ3v) is 3.76. The van der Waals surface area contributed by atoms with Crippen LogP contribution in [0, 0.1) is 6.92 Å². The van der Waals surface area contributed by atoms with Gasteiger partial charge in [-0.15, -0.1) is 10.2 Å². The van der Waals surface area contributed by atoms with E-state index in [1.54, 1.807) is 37.3 Å². The number of phenolic OH excluding ortho intramolecular Hbond substituents is 1. The Bertz CT molecular complexity index is 919. The molecule has 0 radical (unpaired) electrons. The summed E-state index contributed by atoms with van der Waals surface area (Å²) >= 11 is 1.15. The van der Waals surface area contributed by atoms with E-state index in [-0.39, 0.29) is 11.7 Å². The van der Waals surface area contributed by atoms with Crippen molar-refractivity contribution in [2.45, 2.75) is 13.8 Å². The number of benzene rings is 2. The number of phenols is 1. The van der Waals surface area contributed by atoms with Gasteiger partial charge in [0.25, 0.3) is 0 Å². The molecular weight excluding hydrogens is 314 g/mol. The number of carbonyl (C=O) groups is 1. The fourth-order valence-electron chi connectivity index (χ4n) is 2.17. The first kappa shape index (κ1) is 15.0. The Labute approximate surface area is 135 Å². The maximum Gasteiger partial charge on any atom is 0.249 e. The summed E-state index contributed by atoms with van der Waals surface area (Å²) < 4.78 is 4.04. The second-order valence-electron chi connectivity index (χ2n) is 4.84. The Morgan fingerprint density at radius 1 is 1.26 bits per heavy atom. The lowest BCUT2D eigenvalue weighted by atomic mass is 10.1. The van der Waals surface area contributed by atoms with Crippen molar-refractivity contribution in [2.75, 3.05) is 5.32 Å². The highest BCUT2D eigenvalue weighted by Gasteiger charge is 2.11. The van der Waals surface area contributed by atoms with Gasteiger partial charge in [-0.05, 0) is 25.1 Å². The number of azo groups is 1. The summed E-state index contributed by atoms with van der Waals surface area (Å²) in [6, 6.07) is 8.43. The fourth-order valence-corrected chi connectivity index (χ4v) is 2.68. The molecule has 8 heteroatoms. The van der Waals surface area contributed by atoms with E-state index in [1.807, 2.05) is 0 Å². The largest absolute Gasteiger partial charge is 0.507 e. The van der Waals surface area contributed by atoms with E-state index in [4.69, 9.17) is 0 Å². The van der Waals surface area contributed by atoms with Crippen LogP contribution in [-0.2, 0) is 4.79 Å². The molecule has 2 aromatic carbocycles. The minimum atomic E-state index is -0.205. The number of rotatable bonds is 3. The van der Waals surface area contributed by atoms with Crippen molar-refractivity contribution in [3.05, 3.63) is 36.2 Å². The Hall–Kier alpha value is -2.87. The third-order valence-electron chi connectivity index (χ3n) is 3.07. The number of nitrogens with zero attached hydrogens (tertiary/aromatic N) is 4. The van der Waals surface area contributed by atoms with Crippen LogP contribution >= 0.6 is 11.5 Å². The predicted molar refractivity (Wildman–Crippen MR) is 88.7 cm³/mol. The second kappa shape index (κ2) is 6.09. The SMILES string of the molecule is CC(=O)Nc1cccc2c(O)ccc(N=Nc3nc(C)ns3)c12. The van der Waals surface area contributed by atoms with E-state index in [1.165, 1.54) is 6.92 Å². The van der Waals surface area contributed by atoms with E-state index in [2.05, 4.69) is 24.9 Å². The quantitative estimate of drug-likeness (QED) is 0.708. The van der Waals surface area contributed by atoms with Gasteiger partial charge in [0.15, 0.2) is 0 Å². The molecule has 1 heterocycles. The van der Waals surface area contributed by atoms with Crippen LogP contribution in [0.1, 0.15) is 12.7 Å². The monoisotopic (exact) mass is 327 g/mol. The summed E-state index contributed by atoms with van der Waals surface area (Å²) in [4.78, 5) is 15.5. The molecule has 2 N–H and O–H groups in total. The lowest BCUT2D eigenvalue weighted by Crippen LogP contribution is -2.06. The molecule has 0 spiro atoms. The zero-order valence-electron chi connectivity index (χ0n) is 12.4. The molecule has 0 bridgehead atoms. The fraction of sp³-hybridized carbons (Fsp3) is 0.133. The summed E-state index contributed by atoms with van der Waals surface area (Å²) in [5, 5.41) is 22.7. The molecule has 3 aromatic rings. The van der Waals surface area contributed by atoms with Crippen molar-refractivity contribution in [3.63, 3.8) is 0 Å². The van der Waals surface area contributed by atoms with Crippen molar-refractivity contribution in [3.8, 4) is 5.75 Å². The van der Waals surface area contributed by atoms with Gasteiger partial charge in [-0.25, -0.2) is 4.98 Å². The highest BCUT2D eigenvalue weighted by molar-refractivity contribution is 7.09. The third kappa shape index (κ3) is 3.16. The number of nitrogens with one attached hydrogen (secondary N) is 1. The topological polar surface area (TPSA) is 99.8 Å². The number of anilines is 1. The van der Waals surface area contributed by atoms with Crippen molar-refractivity contribution >= 4 is 44.7 Å². The molecule has 0 aliphatic carbocycles. The lowest BCUT2D eigenvalue weighted by molar-refractivity contribution is -0.114. The van der Waals surface area contributed by atoms with Gasteiger partial charge >= 0.3 is 0 Å². The smallest absolute Gasteiger partial charge is 0.249 e. The Kier molecular flexibility index (Phi) is 3.98. The Morgan fingerprint density at radius 2 is 2.09 bits per heavy atom. The van der Waals surface area contributed by atoms with Gasteiger partial charge in [-0.3, -0.25) is 4.79 Å². The van der Waals surface area contributed by atoms with Crippen LogP contribution in [0.4, 0.5) is 16.5 Å². The van der Waals surface area contributed by atoms with Gasteiger partial charge in [0, 0.05) is 29.2 Å². The first-order valence-electron chi connectivity index (χ1n) is 6.79. The predicted octanol–water partition coefficient (Wildman–Crippen LogP) is 4.08. The second-order valence-corrected chi connectivity index (χ2v) is 5.57. The zero-order valence-corrected chi connectivity index (χ0v) is 13.3. The molecule has 116 valence electrons. The number of carbonyl (C=O) groups excluding carboxylic acids is 1. The lowest BCUT2D eigenvalue weighted by Gasteiger charge is -2.10. The van der Waals surface area contributed by atoms with Crippen LogP contribution in [0.5, 0.6) is 5.75 Å². The van der Waals surface area contributed by atoms with Gasteiger partial charge < -0.3 is 10.4 Å². The Morgan fingerprint density at radius 3 is 2.78 bits per heavy atom. The molecule has 0 aliphatic heterocycles. The number of amides is 1. The Balaban J connectivity index is 2.14. The molecule has 7 nitrogen and oxygen atoms in total. The van der Waals surface area contributed by atoms with E-state index in [0.717, 1.165) is 11.5 Å².